The summed E-state index contributed by atoms with van der Waals surface area (Å²) in [6.07, 6.45) is 5.93. The molecule has 6 heteroatoms. The van der Waals surface area contributed by atoms with E-state index >= 15 is 0 Å². The minimum absolute atomic E-state index is 0.00807. The molecule has 22 heavy (non-hydrogen) atoms. The van der Waals surface area contributed by atoms with Crippen LogP contribution in [0.5, 0.6) is 0 Å². The van der Waals surface area contributed by atoms with Crippen molar-refractivity contribution in [2.45, 2.75) is 45.6 Å². The monoisotopic (exact) mass is 306 g/mol. The van der Waals surface area contributed by atoms with Crippen molar-refractivity contribution >= 4 is 11.8 Å². The summed E-state index contributed by atoms with van der Waals surface area (Å²) in [5, 5.41) is 7.07. The summed E-state index contributed by atoms with van der Waals surface area (Å²) in [5.74, 6) is -0.153. The Balaban J connectivity index is 1.73. The zero-order chi connectivity index (χ0) is 16.3. The van der Waals surface area contributed by atoms with Gasteiger partial charge in [0.25, 0.3) is 0 Å². The highest BCUT2D eigenvalue weighted by atomic mass is 16.2. The average molecular weight is 306 g/mol. The summed E-state index contributed by atoms with van der Waals surface area (Å²) in [5.41, 5.74) is 0.957. The highest BCUT2D eigenvalue weighted by Gasteiger charge is 2.39. The van der Waals surface area contributed by atoms with E-state index < -0.39 is 0 Å². The molecule has 1 N–H and O–H groups in total. The maximum Gasteiger partial charge on any atom is 0.225 e. The molecule has 1 atom stereocenters. The quantitative estimate of drug-likeness (QED) is 0.829. The van der Waals surface area contributed by atoms with Crippen LogP contribution in [0.25, 0.3) is 0 Å². The van der Waals surface area contributed by atoms with E-state index in [0.717, 1.165) is 12.8 Å². The average Bonchev–Trinajstić information content (AvgIpc) is 3.00. The molecule has 0 bridgehead atoms. The first kappa shape index (κ1) is 16.5. The summed E-state index contributed by atoms with van der Waals surface area (Å²) >= 11 is 0. The predicted octanol–water partition coefficient (Wildman–Crippen LogP) is 1.12. The molecule has 2 heterocycles. The second kappa shape index (κ2) is 6.50. The molecule has 0 saturated carbocycles. The van der Waals surface area contributed by atoms with Gasteiger partial charge in [-0.05, 0) is 39.2 Å². The summed E-state index contributed by atoms with van der Waals surface area (Å²) in [6, 6.07) is 0. The Labute approximate surface area is 131 Å². The van der Waals surface area contributed by atoms with Gasteiger partial charge in [0, 0.05) is 38.3 Å². The summed E-state index contributed by atoms with van der Waals surface area (Å²) in [6.45, 7) is 7.15. The first-order valence-corrected chi connectivity index (χ1v) is 7.83. The predicted molar refractivity (Wildman–Crippen MR) is 84.1 cm³/mol. The van der Waals surface area contributed by atoms with Crippen molar-refractivity contribution in [3.8, 4) is 0 Å². The Bertz CT molecular complexity index is 545. The molecule has 0 radical (unpaired) electrons. The number of hydrogen-bond acceptors (Lipinski definition) is 3. The Kier molecular flexibility index (Phi) is 4.88. The number of hydrogen-bond donors (Lipinski definition) is 1. The molecule has 0 aliphatic carbocycles. The van der Waals surface area contributed by atoms with Crippen molar-refractivity contribution < 1.29 is 9.59 Å². The van der Waals surface area contributed by atoms with Crippen LogP contribution >= 0.6 is 0 Å². The lowest BCUT2D eigenvalue weighted by Crippen LogP contribution is -2.43. The number of nitrogens with one attached hydrogen (secondary N) is 1. The van der Waals surface area contributed by atoms with Crippen LogP contribution in [-0.4, -0.2) is 45.1 Å². The molecule has 1 aromatic heterocycles. The number of aromatic nitrogens is 2. The number of likely N-dealkylation sites (tertiary alicyclic amines) is 1. The smallest absolute Gasteiger partial charge is 0.225 e. The second-order valence-electron chi connectivity index (χ2n) is 6.99. The summed E-state index contributed by atoms with van der Waals surface area (Å²) in [4.78, 5) is 26.0. The lowest BCUT2D eigenvalue weighted by molar-refractivity contribution is -0.132. The molecular weight excluding hydrogens is 280 g/mol. The fraction of sp³-hybridized carbons (Fsp3) is 0.688. The first-order valence-electron chi connectivity index (χ1n) is 7.83. The van der Waals surface area contributed by atoms with Gasteiger partial charge in [0.2, 0.25) is 11.8 Å². The van der Waals surface area contributed by atoms with Crippen LogP contribution < -0.4 is 5.32 Å². The largest absolute Gasteiger partial charge is 0.356 e. The third-order valence-electron chi connectivity index (χ3n) is 4.01. The van der Waals surface area contributed by atoms with Crippen LogP contribution in [0.3, 0.4) is 0 Å². The molecule has 1 unspecified atom stereocenters. The third kappa shape index (κ3) is 4.08. The van der Waals surface area contributed by atoms with Crippen molar-refractivity contribution in [1.82, 2.24) is 20.0 Å². The van der Waals surface area contributed by atoms with Crippen molar-refractivity contribution in [3.05, 3.63) is 18.0 Å². The summed E-state index contributed by atoms with van der Waals surface area (Å²) in [7, 11) is 1.89. The van der Waals surface area contributed by atoms with Crippen molar-refractivity contribution in [3.63, 3.8) is 0 Å². The lowest BCUT2D eigenvalue weighted by Gasteiger charge is -2.31. The van der Waals surface area contributed by atoms with Gasteiger partial charge in [-0.2, -0.15) is 5.10 Å². The van der Waals surface area contributed by atoms with Gasteiger partial charge < -0.3 is 10.2 Å². The number of nitrogens with zero attached hydrogens (tertiary/aromatic N) is 3. The third-order valence-corrected chi connectivity index (χ3v) is 4.01. The molecule has 1 saturated heterocycles. The van der Waals surface area contributed by atoms with E-state index in [2.05, 4.69) is 10.4 Å². The van der Waals surface area contributed by atoms with Crippen molar-refractivity contribution in [1.29, 1.82) is 0 Å². The van der Waals surface area contributed by atoms with Gasteiger partial charge in [0.1, 0.15) is 0 Å². The second-order valence-corrected chi connectivity index (χ2v) is 6.99. The van der Waals surface area contributed by atoms with Crippen LogP contribution in [0, 0.1) is 5.92 Å². The minimum atomic E-state index is -0.217. The molecular formula is C16H26N4O2. The van der Waals surface area contributed by atoms with E-state index in [4.69, 9.17) is 0 Å². The molecule has 1 aromatic rings. The Hall–Kier alpha value is -1.85. The van der Waals surface area contributed by atoms with E-state index in [-0.39, 0.29) is 23.3 Å². The molecule has 6 nitrogen and oxygen atoms in total. The minimum Gasteiger partial charge on any atom is -0.356 e. The molecule has 0 spiro atoms. The zero-order valence-corrected chi connectivity index (χ0v) is 13.9. The molecule has 122 valence electrons. The van der Waals surface area contributed by atoms with Gasteiger partial charge in [-0.1, -0.05) is 0 Å². The van der Waals surface area contributed by atoms with E-state index in [0.29, 0.717) is 19.5 Å². The standard InChI is InChI=1S/C16H26N4O2/c1-16(2,3)20-11-13(8-14(20)21)15(22)17-7-5-6-12-9-18-19(4)10-12/h9-10,13H,5-8,11H2,1-4H3,(H,17,22). The van der Waals surface area contributed by atoms with E-state index in [1.807, 2.05) is 40.2 Å². The van der Waals surface area contributed by atoms with Crippen LogP contribution in [0.4, 0.5) is 0 Å². The van der Waals surface area contributed by atoms with Gasteiger partial charge in [-0.25, -0.2) is 0 Å². The van der Waals surface area contributed by atoms with Crippen molar-refractivity contribution in [2.24, 2.45) is 13.0 Å². The Morgan fingerprint density at radius 1 is 1.45 bits per heavy atom. The van der Waals surface area contributed by atoms with E-state index in [1.54, 1.807) is 9.58 Å². The Morgan fingerprint density at radius 3 is 2.73 bits per heavy atom. The van der Waals surface area contributed by atoms with E-state index in [9.17, 15) is 9.59 Å². The van der Waals surface area contributed by atoms with Gasteiger partial charge >= 0.3 is 0 Å². The molecule has 1 aliphatic heterocycles. The van der Waals surface area contributed by atoms with Crippen molar-refractivity contribution in [2.75, 3.05) is 13.1 Å². The number of carbonyl (C=O) groups is 2. The summed E-state index contributed by atoms with van der Waals surface area (Å²) < 4.78 is 1.78. The molecule has 0 aromatic carbocycles. The van der Waals surface area contributed by atoms with Crippen LogP contribution in [0.2, 0.25) is 0 Å². The zero-order valence-electron chi connectivity index (χ0n) is 13.9. The molecule has 1 aliphatic rings. The van der Waals surface area contributed by atoms with Gasteiger partial charge in [0.05, 0.1) is 12.1 Å². The topological polar surface area (TPSA) is 67.2 Å². The number of amides is 2. The highest BCUT2D eigenvalue weighted by Crippen LogP contribution is 2.25. The molecule has 2 rings (SSSR count). The number of aryl methyl sites for hydroxylation is 2. The maximum absolute atomic E-state index is 12.2. The van der Waals surface area contributed by atoms with Crippen LogP contribution in [0.15, 0.2) is 12.4 Å². The molecule has 1 fully saturated rings. The van der Waals surface area contributed by atoms with Gasteiger partial charge in [-0.15, -0.1) is 0 Å². The molecule has 2 amide bonds. The SMILES string of the molecule is Cn1cc(CCCNC(=O)C2CC(=O)N(C(C)(C)C)C2)cn1. The fourth-order valence-corrected chi connectivity index (χ4v) is 2.78. The van der Waals surface area contributed by atoms with Crippen LogP contribution in [-0.2, 0) is 23.1 Å². The fourth-order valence-electron chi connectivity index (χ4n) is 2.78. The number of rotatable bonds is 5. The first-order chi connectivity index (χ1) is 10.3. The normalized spacial score (nSPS) is 18.8. The van der Waals surface area contributed by atoms with Gasteiger partial charge in [0.15, 0.2) is 0 Å². The van der Waals surface area contributed by atoms with Gasteiger partial charge in [-0.3, -0.25) is 14.3 Å². The Morgan fingerprint density at radius 2 is 2.18 bits per heavy atom. The van der Waals surface area contributed by atoms with E-state index in [1.165, 1.54) is 5.56 Å². The van der Waals surface area contributed by atoms with Crippen LogP contribution in [0.1, 0.15) is 39.2 Å². The highest BCUT2D eigenvalue weighted by molar-refractivity contribution is 5.89. The number of carbonyl (C=O) groups excluding carboxylic acids is 2. The lowest BCUT2D eigenvalue weighted by atomic mass is 10.1. The maximum atomic E-state index is 12.2.